The van der Waals surface area contributed by atoms with Crippen molar-refractivity contribution in [1.29, 1.82) is 0 Å². The van der Waals surface area contributed by atoms with Gasteiger partial charge in [-0.3, -0.25) is 0 Å². The molecule has 1 aromatic rings. The summed E-state index contributed by atoms with van der Waals surface area (Å²) in [6, 6.07) is 10.5. The molecule has 1 aliphatic rings. The number of β-amino-alcohol motifs (C(OH)–C–C–N with tert-alkyl or cyclic N) is 1. The predicted octanol–water partition coefficient (Wildman–Crippen LogP) is 2.32. The van der Waals surface area contributed by atoms with E-state index < -0.39 is 0 Å². The molecule has 1 saturated heterocycles. The predicted molar refractivity (Wildman–Crippen MR) is 71.0 cm³/mol. The van der Waals surface area contributed by atoms with Gasteiger partial charge in [0.05, 0.1) is 6.10 Å². The van der Waals surface area contributed by atoms with Gasteiger partial charge in [0.1, 0.15) is 0 Å². The molecular weight excluding hydrogens is 210 g/mol. The van der Waals surface area contributed by atoms with Crippen LogP contribution in [0.3, 0.4) is 0 Å². The molecule has 2 nitrogen and oxygen atoms in total. The van der Waals surface area contributed by atoms with Crippen LogP contribution < -0.4 is 0 Å². The zero-order valence-electron chi connectivity index (χ0n) is 10.7. The van der Waals surface area contributed by atoms with Crippen molar-refractivity contribution in [2.45, 2.75) is 32.3 Å². The summed E-state index contributed by atoms with van der Waals surface area (Å²) in [6.07, 6.45) is 3.33. The van der Waals surface area contributed by atoms with Gasteiger partial charge in [-0.1, -0.05) is 43.7 Å². The van der Waals surface area contributed by atoms with Crippen molar-refractivity contribution in [3.8, 4) is 0 Å². The van der Waals surface area contributed by atoms with Crippen LogP contribution in [0.4, 0.5) is 0 Å². The summed E-state index contributed by atoms with van der Waals surface area (Å²) < 4.78 is 0. The summed E-state index contributed by atoms with van der Waals surface area (Å²) in [6.45, 7) is 5.26. The number of nitrogens with zero attached hydrogens (tertiary/aromatic N) is 1. The van der Waals surface area contributed by atoms with Crippen molar-refractivity contribution in [2.24, 2.45) is 5.92 Å². The highest BCUT2D eigenvalue weighted by Crippen LogP contribution is 2.21. The summed E-state index contributed by atoms with van der Waals surface area (Å²) in [5.74, 6) is 0.411. The van der Waals surface area contributed by atoms with Crippen LogP contribution >= 0.6 is 0 Å². The minimum atomic E-state index is -0.146. The quantitative estimate of drug-likeness (QED) is 0.843. The van der Waals surface area contributed by atoms with Crippen molar-refractivity contribution in [3.63, 3.8) is 0 Å². The molecule has 94 valence electrons. The molecule has 0 saturated carbocycles. The number of likely N-dealkylation sites (tertiary alicyclic amines) is 1. The lowest BCUT2D eigenvalue weighted by atomic mass is 9.97. The average Bonchev–Trinajstić information content (AvgIpc) is 2.69. The first kappa shape index (κ1) is 12.6. The highest BCUT2D eigenvalue weighted by atomic mass is 16.3. The van der Waals surface area contributed by atoms with E-state index in [-0.39, 0.29) is 6.10 Å². The second-order valence-electron chi connectivity index (χ2n) is 5.13. The highest BCUT2D eigenvalue weighted by molar-refractivity contribution is 5.16. The number of aliphatic hydroxyl groups is 1. The summed E-state index contributed by atoms with van der Waals surface area (Å²) in [5.41, 5.74) is 1.34. The maximum Gasteiger partial charge on any atom is 0.0710 e. The van der Waals surface area contributed by atoms with Gasteiger partial charge < -0.3 is 10.0 Å². The Hall–Kier alpha value is -0.860. The van der Waals surface area contributed by atoms with E-state index in [1.807, 2.05) is 6.07 Å². The summed E-state index contributed by atoms with van der Waals surface area (Å²) in [4.78, 5) is 2.40. The van der Waals surface area contributed by atoms with E-state index in [1.165, 1.54) is 18.4 Å². The largest absolute Gasteiger partial charge is 0.391 e. The SMILES string of the molecule is CCCCN1C[C@H](Cc2ccccc2)[C@@H](O)C1. The number of hydrogen-bond acceptors (Lipinski definition) is 2. The zero-order valence-corrected chi connectivity index (χ0v) is 10.7. The fourth-order valence-corrected chi connectivity index (χ4v) is 2.62. The van der Waals surface area contributed by atoms with Crippen LogP contribution in [0.1, 0.15) is 25.3 Å². The Kier molecular flexibility index (Phi) is 4.57. The fourth-order valence-electron chi connectivity index (χ4n) is 2.62. The number of unbranched alkanes of at least 4 members (excludes halogenated alkanes) is 1. The third-order valence-electron chi connectivity index (χ3n) is 3.65. The third kappa shape index (κ3) is 3.55. The van der Waals surface area contributed by atoms with Gasteiger partial charge in [0.25, 0.3) is 0 Å². The van der Waals surface area contributed by atoms with Crippen molar-refractivity contribution < 1.29 is 5.11 Å². The van der Waals surface area contributed by atoms with Gasteiger partial charge in [-0.2, -0.15) is 0 Å². The molecular formula is C15H23NO. The Morgan fingerprint density at radius 3 is 2.71 bits per heavy atom. The lowest BCUT2D eigenvalue weighted by Gasteiger charge is -2.15. The first-order valence-electron chi connectivity index (χ1n) is 6.74. The minimum absolute atomic E-state index is 0.146. The minimum Gasteiger partial charge on any atom is -0.391 e. The van der Waals surface area contributed by atoms with E-state index in [9.17, 15) is 5.11 Å². The second kappa shape index (κ2) is 6.18. The van der Waals surface area contributed by atoms with Crippen LogP contribution in [0, 0.1) is 5.92 Å². The van der Waals surface area contributed by atoms with Crippen LogP contribution in [0.15, 0.2) is 30.3 Å². The molecule has 0 aromatic heterocycles. The number of aliphatic hydroxyl groups excluding tert-OH is 1. The lowest BCUT2D eigenvalue weighted by Crippen LogP contribution is -2.22. The maximum absolute atomic E-state index is 10.1. The molecule has 0 bridgehead atoms. The molecule has 0 radical (unpaired) electrons. The molecule has 2 heteroatoms. The summed E-state index contributed by atoms with van der Waals surface area (Å²) in [7, 11) is 0. The van der Waals surface area contributed by atoms with Crippen LogP contribution in [0.25, 0.3) is 0 Å². The van der Waals surface area contributed by atoms with E-state index in [2.05, 4.69) is 36.1 Å². The van der Waals surface area contributed by atoms with E-state index in [0.717, 1.165) is 26.1 Å². The molecule has 1 aliphatic heterocycles. The smallest absolute Gasteiger partial charge is 0.0710 e. The Balaban J connectivity index is 1.86. The molecule has 1 fully saturated rings. The van der Waals surface area contributed by atoms with Crippen molar-refractivity contribution in [1.82, 2.24) is 4.90 Å². The molecule has 2 atom stereocenters. The van der Waals surface area contributed by atoms with Gasteiger partial charge in [-0.05, 0) is 24.9 Å². The van der Waals surface area contributed by atoms with Crippen molar-refractivity contribution >= 4 is 0 Å². The van der Waals surface area contributed by atoms with Gasteiger partial charge in [0.2, 0.25) is 0 Å². The first-order valence-corrected chi connectivity index (χ1v) is 6.74. The van der Waals surface area contributed by atoms with E-state index in [4.69, 9.17) is 0 Å². The topological polar surface area (TPSA) is 23.5 Å². The third-order valence-corrected chi connectivity index (χ3v) is 3.65. The highest BCUT2D eigenvalue weighted by Gasteiger charge is 2.30. The van der Waals surface area contributed by atoms with Gasteiger partial charge >= 0.3 is 0 Å². The van der Waals surface area contributed by atoms with Crippen molar-refractivity contribution in [3.05, 3.63) is 35.9 Å². The van der Waals surface area contributed by atoms with Crippen LogP contribution in [0.5, 0.6) is 0 Å². The summed E-state index contributed by atoms with van der Waals surface area (Å²) in [5, 5.41) is 10.1. The second-order valence-corrected chi connectivity index (χ2v) is 5.13. The first-order chi connectivity index (χ1) is 8.29. The number of benzene rings is 1. The Bertz CT molecular complexity index is 325. The standard InChI is InChI=1S/C15H23NO/c1-2-3-9-16-11-14(15(17)12-16)10-13-7-5-4-6-8-13/h4-8,14-15,17H,2-3,9-12H2,1H3/t14-,15-/m0/s1. The molecule has 0 unspecified atom stereocenters. The van der Waals surface area contributed by atoms with E-state index >= 15 is 0 Å². The van der Waals surface area contributed by atoms with E-state index in [0.29, 0.717) is 5.92 Å². The monoisotopic (exact) mass is 233 g/mol. The van der Waals surface area contributed by atoms with Gasteiger partial charge in [-0.15, -0.1) is 0 Å². The lowest BCUT2D eigenvalue weighted by molar-refractivity contribution is 0.141. The van der Waals surface area contributed by atoms with Gasteiger partial charge in [0.15, 0.2) is 0 Å². The van der Waals surface area contributed by atoms with Gasteiger partial charge in [0, 0.05) is 19.0 Å². The molecule has 0 aliphatic carbocycles. The molecule has 2 rings (SSSR count). The molecule has 1 aromatic carbocycles. The van der Waals surface area contributed by atoms with E-state index in [1.54, 1.807) is 0 Å². The Morgan fingerprint density at radius 2 is 2.00 bits per heavy atom. The molecule has 1 N–H and O–H groups in total. The van der Waals surface area contributed by atoms with Crippen molar-refractivity contribution in [2.75, 3.05) is 19.6 Å². The molecule has 0 amide bonds. The normalized spacial score (nSPS) is 25.3. The van der Waals surface area contributed by atoms with Gasteiger partial charge in [-0.25, -0.2) is 0 Å². The fraction of sp³-hybridized carbons (Fsp3) is 0.600. The molecule has 17 heavy (non-hydrogen) atoms. The van der Waals surface area contributed by atoms with Crippen LogP contribution in [0.2, 0.25) is 0 Å². The zero-order chi connectivity index (χ0) is 12.1. The maximum atomic E-state index is 10.1. The Labute approximate surface area is 104 Å². The average molecular weight is 233 g/mol. The molecule has 0 spiro atoms. The summed E-state index contributed by atoms with van der Waals surface area (Å²) >= 11 is 0. The van der Waals surface area contributed by atoms with Crippen LogP contribution in [-0.2, 0) is 6.42 Å². The number of rotatable bonds is 5. The van der Waals surface area contributed by atoms with Crippen LogP contribution in [-0.4, -0.2) is 35.7 Å². The molecule has 1 heterocycles. The Morgan fingerprint density at radius 1 is 1.24 bits per heavy atom. The number of hydrogen-bond donors (Lipinski definition) is 1.